The Kier molecular flexibility index (Phi) is 3.38. The molecular weight excluding hydrogens is 299 g/mol. The molecule has 0 saturated heterocycles. The van der Waals surface area contributed by atoms with Crippen LogP contribution in [0.3, 0.4) is 0 Å². The molecule has 2 aromatic carbocycles. The second kappa shape index (κ2) is 5.19. The highest BCUT2D eigenvalue weighted by atomic mass is 35.5. The van der Waals surface area contributed by atoms with E-state index < -0.39 is 5.63 Å². The number of hydrogen-bond donors (Lipinski definition) is 0. The van der Waals surface area contributed by atoms with Crippen LogP contribution in [-0.2, 0) is 0 Å². The Labute approximate surface area is 124 Å². The summed E-state index contributed by atoms with van der Waals surface area (Å²) in [7, 11) is 0. The second-order valence-electron chi connectivity index (χ2n) is 4.10. The van der Waals surface area contributed by atoms with Gasteiger partial charge >= 0.3 is 5.63 Å². The Morgan fingerprint density at radius 2 is 1.75 bits per heavy atom. The van der Waals surface area contributed by atoms with E-state index in [-0.39, 0.29) is 0 Å². The summed E-state index contributed by atoms with van der Waals surface area (Å²) in [5.74, 6) is 0.813. The molecule has 3 aromatic rings. The molecule has 0 unspecified atom stereocenters. The lowest BCUT2D eigenvalue weighted by atomic mass is 10.2. The maximum absolute atomic E-state index is 11.5. The zero-order chi connectivity index (χ0) is 14.1. The first-order valence-electron chi connectivity index (χ1n) is 5.79. The summed E-state index contributed by atoms with van der Waals surface area (Å²) in [5, 5.41) is 1.58. The van der Waals surface area contributed by atoms with Gasteiger partial charge in [0, 0.05) is 5.02 Å². The normalized spacial score (nSPS) is 10.7. The lowest BCUT2D eigenvalue weighted by Crippen LogP contribution is -1.98. The van der Waals surface area contributed by atoms with Crippen molar-refractivity contribution in [3.63, 3.8) is 0 Å². The van der Waals surface area contributed by atoms with Crippen molar-refractivity contribution in [3.8, 4) is 11.5 Å². The zero-order valence-electron chi connectivity index (χ0n) is 10.1. The van der Waals surface area contributed by atoms with Crippen LogP contribution in [0.15, 0.2) is 57.7 Å². The largest absolute Gasteiger partial charge is 0.455 e. The first-order chi connectivity index (χ1) is 9.63. The van der Waals surface area contributed by atoms with E-state index in [1.54, 1.807) is 36.4 Å². The second-order valence-corrected chi connectivity index (χ2v) is 4.95. The molecule has 0 spiro atoms. The predicted molar refractivity (Wildman–Crippen MR) is 79.0 cm³/mol. The van der Waals surface area contributed by atoms with Gasteiger partial charge in [-0.15, -0.1) is 0 Å². The van der Waals surface area contributed by atoms with Gasteiger partial charge in [-0.25, -0.2) is 4.79 Å². The topological polar surface area (TPSA) is 39.4 Å². The molecule has 0 aliphatic carbocycles. The van der Waals surface area contributed by atoms with Crippen LogP contribution in [-0.4, -0.2) is 0 Å². The summed E-state index contributed by atoms with van der Waals surface area (Å²) < 4.78 is 10.8. The van der Waals surface area contributed by atoms with E-state index in [2.05, 4.69) is 0 Å². The number of rotatable bonds is 2. The van der Waals surface area contributed by atoms with Crippen LogP contribution in [0.25, 0.3) is 11.0 Å². The van der Waals surface area contributed by atoms with E-state index >= 15 is 0 Å². The van der Waals surface area contributed by atoms with Crippen molar-refractivity contribution in [1.82, 2.24) is 0 Å². The van der Waals surface area contributed by atoms with Gasteiger partial charge in [0.1, 0.15) is 17.1 Å². The zero-order valence-corrected chi connectivity index (χ0v) is 11.6. The van der Waals surface area contributed by atoms with Gasteiger partial charge in [0.2, 0.25) is 0 Å². The summed E-state index contributed by atoms with van der Waals surface area (Å²) in [6.07, 6.45) is 0. The van der Waals surface area contributed by atoms with E-state index in [0.717, 1.165) is 0 Å². The minimum atomic E-state index is -0.483. The first-order valence-corrected chi connectivity index (χ1v) is 6.55. The molecule has 0 fully saturated rings. The molecule has 0 amide bonds. The minimum Gasteiger partial charge on any atom is -0.455 e. The maximum Gasteiger partial charge on any atom is 0.339 e. The fraction of sp³-hybridized carbons (Fsp3) is 0. The quantitative estimate of drug-likeness (QED) is 0.633. The van der Waals surface area contributed by atoms with Crippen molar-refractivity contribution in [2.75, 3.05) is 0 Å². The van der Waals surface area contributed by atoms with Crippen molar-refractivity contribution in [3.05, 3.63) is 69.0 Å². The van der Waals surface area contributed by atoms with Crippen LogP contribution < -0.4 is 10.4 Å². The highest BCUT2D eigenvalue weighted by Crippen LogP contribution is 2.34. The molecule has 1 aromatic heterocycles. The molecule has 0 saturated carbocycles. The predicted octanol–water partition coefficient (Wildman–Crippen LogP) is 4.89. The smallest absolute Gasteiger partial charge is 0.339 e. The van der Waals surface area contributed by atoms with Crippen molar-refractivity contribution < 1.29 is 9.15 Å². The van der Waals surface area contributed by atoms with Crippen LogP contribution in [0, 0.1) is 0 Å². The highest BCUT2D eigenvalue weighted by Gasteiger charge is 2.09. The van der Waals surface area contributed by atoms with Gasteiger partial charge in [-0.3, -0.25) is 0 Å². The van der Waals surface area contributed by atoms with Gasteiger partial charge in [0.25, 0.3) is 0 Å². The van der Waals surface area contributed by atoms with Crippen molar-refractivity contribution >= 4 is 34.2 Å². The van der Waals surface area contributed by atoms with Gasteiger partial charge in [0.15, 0.2) is 0 Å². The Balaban J connectivity index is 2.13. The van der Waals surface area contributed by atoms with Gasteiger partial charge in [-0.1, -0.05) is 35.3 Å². The molecule has 0 atom stereocenters. The van der Waals surface area contributed by atoms with Crippen LogP contribution in [0.2, 0.25) is 10.0 Å². The maximum atomic E-state index is 11.5. The Morgan fingerprint density at radius 3 is 2.55 bits per heavy atom. The molecule has 3 rings (SSSR count). The van der Waals surface area contributed by atoms with E-state index in [4.69, 9.17) is 32.4 Å². The summed E-state index contributed by atoms with van der Waals surface area (Å²) >= 11 is 11.9. The van der Waals surface area contributed by atoms with E-state index in [0.29, 0.717) is 32.5 Å². The molecule has 0 N–H and O–H groups in total. The van der Waals surface area contributed by atoms with E-state index in [9.17, 15) is 4.79 Å². The number of ether oxygens (including phenoxy) is 1. The van der Waals surface area contributed by atoms with Gasteiger partial charge in [0.05, 0.1) is 16.5 Å². The lowest BCUT2D eigenvalue weighted by Gasteiger charge is -2.09. The molecule has 5 heteroatoms. The number of hydrogen-bond acceptors (Lipinski definition) is 3. The summed E-state index contributed by atoms with van der Waals surface area (Å²) in [4.78, 5) is 11.5. The molecule has 0 bridgehead atoms. The molecule has 20 heavy (non-hydrogen) atoms. The average Bonchev–Trinajstić information content (AvgIpc) is 2.41. The molecular formula is C15H8Cl2O3. The van der Waals surface area contributed by atoms with Gasteiger partial charge in [-0.2, -0.15) is 0 Å². The number of benzene rings is 2. The fourth-order valence-electron chi connectivity index (χ4n) is 1.84. The number of fused-ring (bicyclic) bond motifs is 1. The van der Waals surface area contributed by atoms with Crippen molar-refractivity contribution in [2.45, 2.75) is 0 Å². The first kappa shape index (κ1) is 13.0. The van der Waals surface area contributed by atoms with Crippen molar-refractivity contribution in [2.24, 2.45) is 0 Å². The summed E-state index contributed by atoms with van der Waals surface area (Å²) in [6, 6.07) is 13.3. The fourth-order valence-corrected chi connectivity index (χ4v) is 2.29. The standard InChI is InChI=1S/C15H8Cl2O3/c16-9-5-6-13(11(17)7-9)19-14-8-15(18)20-12-4-2-1-3-10(12)14/h1-8H. The van der Waals surface area contributed by atoms with E-state index in [1.165, 1.54) is 6.07 Å². The Morgan fingerprint density at radius 1 is 0.950 bits per heavy atom. The Hall–Kier alpha value is -1.97. The minimum absolute atomic E-state index is 0.370. The van der Waals surface area contributed by atoms with Crippen LogP contribution in [0.1, 0.15) is 0 Å². The SMILES string of the molecule is O=c1cc(Oc2ccc(Cl)cc2Cl)c2ccccc2o1. The van der Waals surface area contributed by atoms with Crippen molar-refractivity contribution in [1.29, 1.82) is 0 Å². The van der Waals surface area contributed by atoms with Crippen LogP contribution in [0.4, 0.5) is 0 Å². The lowest BCUT2D eigenvalue weighted by molar-refractivity contribution is 0.475. The van der Waals surface area contributed by atoms with Crippen LogP contribution >= 0.6 is 23.2 Å². The van der Waals surface area contributed by atoms with E-state index in [1.807, 2.05) is 6.07 Å². The number of halogens is 2. The summed E-state index contributed by atoms with van der Waals surface area (Å²) in [5.41, 5.74) is -0.0242. The third-order valence-electron chi connectivity index (χ3n) is 2.73. The molecule has 100 valence electrons. The molecule has 3 nitrogen and oxygen atoms in total. The Bertz CT molecular complexity index is 840. The van der Waals surface area contributed by atoms with Gasteiger partial charge in [-0.05, 0) is 30.3 Å². The monoisotopic (exact) mass is 306 g/mol. The van der Waals surface area contributed by atoms with Crippen LogP contribution in [0.5, 0.6) is 11.5 Å². The molecule has 0 radical (unpaired) electrons. The average molecular weight is 307 g/mol. The third-order valence-corrected chi connectivity index (χ3v) is 3.26. The van der Waals surface area contributed by atoms with Gasteiger partial charge < -0.3 is 9.15 Å². The summed E-state index contributed by atoms with van der Waals surface area (Å²) in [6.45, 7) is 0. The highest BCUT2D eigenvalue weighted by molar-refractivity contribution is 6.35. The third kappa shape index (κ3) is 2.50. The molecule has 0 aliphatic heterocycles. The molecule has 0 aliphatic rings. The molecule has 1 heterocycles. The number of para-hydroxylation sites is 1.